The first-order valence-corrected chi connectivity index (χ1v) is 7.22. The number of aromatic nitrogens is 2. The molecular formula is C16H20N4O. The number of aryl methyl sites for hydroxylation is 2. The zero-order valence-electron chi connectivity index (χ0n) is 12.4. The summed E-state index contributed by atoms with van der Waals surface area (Å²) in [5.74, 6) is 0.635. The highest BCUT2D eigenvalue weighted by Gasteiger charge is 2.15. The molecule has 3 rings (SSSR count). The number of hydrogen-bond acceptors (Lipinski definition) is 5. The van der Waals surface area contributed by atoms with Gasteiger partial charge < -0.3 is 15.4 Å². The van der Waals surface area contributed by atoms with Crippen LogP contribution in [0.25, 0.3) is 0 Å². The van der Waals surface area contributed by atoms with Crippen molar-refractivity contribution in [1.29, 1.82) is 0 Å². The van der Waals surface area contributed by atoms with Gasteiger partial charge in [0.05, 0.1) is 12.7 Å². The monoisotopic (exact) mass is 284 g/mol. The van der Waals surface area contributed by atoms with E-state index in [1.165, 1.54) is 5.56 Å². The maximum Gasteiger partial charge on any atom is 0.227 e. The first-order valence-electron chi connectivity index (χ1n) is 7.22. The van der Waals surface area contributed by atoms with Gasteiger partial charge in [-0.3, -0.25) is 0 Å². The molecule has 0 bridgehead atoms. The van der Waals surface area contributed by atoms with E-state index in [4.69, 9.17) is 4.74 Å². The van der Waals surface area contributed by atoms with Gasteiger partial charge in [-0.1, -0.05) is 12.1 Å². The Bertz CT molecular complexity index is 586. The normalized spacial score (nSPS) is 18.5. The fourth-order valence-corrected chi connectivity index (χ4v) is 2.47. The Morgan fingerprint density at radius 3 is 2.48 bits per heavy atom. The Balaban J connectivity index is 1.71. The maximum absolute atomic E-state index is 5.75. The summed E-state index contributed by atoms with van der Waals surface area (Å²) >= 11 is 0. The number of ether oxygens (including phenoxy) is 1. The van der Waals surface area contributed by atoms with E-state index < -0.39 is 0 Å². The molecule has 21 heavy (non-hydrogen) atoms. The van der Waals surface area contributed by atoms with Crippen LogP contribution in [0.4, 0.5) is 11.6 Å². The molecule has 2 aromatic rings. The third-order valence-corrected chi connectivity index (χ3v) is 3.45. The standard InChI is InChI=1S/C16H20N4O/c1-11-9-12(2)19-16(18-11)20-14-5-3-13(4-6-14)15-10-17-7-8-21-15/h3-6,9,15,17H,7-8,10H2,1-2H3,(H,18,19,20)/t15-/m0/s1. The summed E-state index contributed by atoms with van der Waals surface area (Å²) in [6.07, 6.45) is 0.144. The third kappa shape index (κ3) is 3.56. The minimum absolute atomic E-state index is 0.144. The molecule has 1 aliphatic rings. The largest absolute Gasteiger partial charge is 0.371 e. The van der Waals surface area contributed by atoms with Crippen LogP contribution in [-0.2, 0) is 4.74 Å². The number of rotatable bonds is 3. The summed E-state index contributed by atoms with van der Waals surface area (Å²) in [6.45, 7) is 6.50. The van der Waals surface area contributed by atoms with Crippen LogP contribution in [-0.4, -0.2) is 29.7 Å². The zero-order valence-corrected chi connectivity index (χ0v) is 12.4. The van der Waals surface area contributed by atoms with Crippen LogP contribution in [0.3, 0.4) is 0 Å². The van der Waals surface area contributed by atoms with Crippen molar-refractivity contribution in [3.05, 3.63) is 47.3 Å². The SMILES string of the molecule is Cc1cc(C)nc(Nc2ccc([C@@H]3CNCCO3)cc2)n1. The molecule has 5 heteroatoms. The number of anilines is 2. The molecule has 1 aliphatic heterocycles. The predicted octanol–water partition coefficient (Wildman–Crippen LogP) is 2.50. The zero-order chi connectivity index (χ0) is 14.7. The van der Waals surface area contributed by atoms with Crippen LogP contribution < -0.4 is 10.6 Å². The molecule has 0 unspecified atom stereocenters. The Labute approximate surface area is 124 Å². The first-order chi connectivity index (χ1) is 10.2. The number of morpholine rings is 1. The Morgan fingerprint density at radius 1 is 1.14 bits per heavy atom. The lowest BCUT2D eigenvalue weighted by molar-refractivity contribution is 0.0277. The average molecular weight is 284 g/mol. The second-order valence-corrected chi connectivity index (χ2v) is 5.28. The van der Waals surface area contributed by atoms with Crippen LogP contribution in [0, 0.1) is 13.8 Å². The van der Waals surface area contributed by atoms with Crippen LogP contribution in [0.15, 0.2) is 30.3 Å². The Hall–Kier alpha value is -1.98. The molecule has 1 aromatic carbocycles. The van der Waals surface area contributed by atoms with Gasteiger partial charge >= 0.3 is 0 Å². The van der Waals surface area contributed by atoms with E-state index in [9.17, 15) is 0 Å². The van der Waals surface area contributed by atoms with Crippen molar-refractivity contribution in [3.8, 4) is 0 Å². The third-order valence-electron chi connectivity index (χ3n) is 3.45. The molecule has 0 spiro atoms. The summed E-state index contributed by atoms with van der Waals surface area (Å²) in [6, 6.07) is 10.2. The van der Waals surface area contributed by atoms with Gasteiger partial charge in [0.25, 0.3) is 0 Å². The van der Waals surface area contributed by atoms with Crippen LogP contribution >= 0.6 is 0 Å². The van der Waals surface area contributed by atoms with Gasteiger partial charge in [-0.15, -0.1) is 0 Å². The van der Waals surface area contributed by atoms with Crippen molar-refractivity contribution in [3.63, 3.8) is 0 Å². The highest BCUT2D eigenvalue weighted by molar-refractivity contribution is 5.54. The first kappa shape index (κ1) is 14.0. The molecule has 1 saturated heterocycles. The molecule has 1 fully saturated rings. The molecule has 0 saturated carbocycles. The molecule has 0 radical (unpaired) electrons. The minimum Gasteiger partial charge on any atom is -0.371 e. The van der Waals surface area contributed by atoms with Gasteiger partial charge in [0.15, 0.2) is 0 Å². The molecular weight excluding hydrogens is 264 g/mol. The molecule has 1 aromatic heterocycles. The second kappa shape index (κ2) is 6.20. The fourth-order valence-electron chi connectivity index (χ4n) is 2.47. The van der Waals surface area contributed by atoms with Gasteiger partial charge in [-0.05, 0) is 37.6 Å². The van der Waals surface area contributed by atoms with E-state index in [1.54, 1.807) is 0 Å². The number of nitrogens with zero attached hydrogens (tertiary/aromatic N) is 2. The van der Waals surface area contributed by atoms with E-state index in [-0.39, 0.29) is 6.10 Å². The van der Waals surface area contributed by atoms with Crippen LogP contribution in [0.2, 0.25) is 0 Å². The van der Waals surface area contributed by atoms with Crippen molar-refractivity contribution in [1.82, 2.24) is 15.3 Å². The molecule has 2 N–H and O–H groups in total. The molecule has 1 atom stereocenters. The summed E-state index contributed by atoms with van der Waals surface area (Å²) in [4.78, 5) is 8.77. The molecule has 0 amide bonds. The van der Waals surface area contributed by atoms with Crippen LogP contribution in [0.5, 0.6) is 0 Å². The topological polar surface area (TPSA) is 59.1 Å². The molecule has 5 nitrogen and oxygen atoms in total. The van der Waals surface area contributed by atoms with Crippen LogP contribution in [0.1, 0.15) is 23.1 Å². The Kier molecular flexibility index (Phi) is 4.13. The lowest BCUT2D eigenvalue weighted by atomic mass is 10.1. The van der Waals surface area contributed by atoms with Crippen molar-refractivity contribution in [2.24, 2.45) is 0 Å². The van der Waals surface area contributed by atoms with Crippen molar-refractivity contribution in [2.75, 3.05) is 25.0 Å². The molecule has 0 aliphatic carbocycles. The van der Waals surface area contributed by atoms with Gasteiger partial charge in [0.2, 0.25) is 5.95 Å². The quantitative estimate of drug-likeness (QED) is 0.907. The van der Waals surface area contributed by atoms with E-state index in [0.717, 1.165) is 36.8 Å². The predicted molar refractivity (Wildman–Crippen MR) is 82.8 cm³/mol. The van der Waals surface area contributed by atoms with E-state index in [0.29, 0.717) is 5.95 Å². The summed E-state index contributed by atoms with van der Waals surface area (Å²) in [5, 5.41) is 6.58. The smallest absolute Gasteiger partial charge is 0.227 e. The van der Waals surface area contributed by atoms with Crippen molar-refractivity contribution >= 4 is 11.6 Å². The lowest BCUT2D eigenvalue weighted by Gasteiger charge is -2.24. The fraction of sp³-hybridized carbons (Fsp3) is 0.375. The van der Waals surface area contributed by atoms with Gasteiger partial charge in [0, 0.05) is 30.2 Å². The molecule has 110 valence electrons. The average Bonchev–Trinajstić information content (AvgIpc) is 2.48. The lowest BCUT2D eigenvalue weighted by Crippen LogP contribution is -2.33. The van der Waals surface area contributed by atoms with Gasteiger partial charge in [0.1, 0.15) is 0 Å². The summed E-state index contributed by atoms with van der Waals surface area (Å²) < 4.78 is 5.75. The number of benzene rings is 1. The number of hydrogen-bond donors (Lipinski definition) is 2. The van der Waals surface area contributed by atoms with Crippen molar-refractivity contribution in [2.45, 2.75) is 20.0 Å². The van der Waals surface area contributed by atoms with Crippen molar-refractivity contribution < 1.29 is 4.74 Å². The molecule has 2 heterocycles. The Morgan fingerprint density at radius 2 is 1.86 bits per heavy atom. The van der Waals surface area contributed by atoms with E-state index >= 15 is 0 Å². The van der Waals surface area contributed by atoms with Gasteiger partial charge in [-0.25, -0.2) is 9.97 Å². The summed E-state index contributed by atoms with van der Waals surface area (Å²) in [7, 11) is 0. The second-order valence-electron chi connectivity index (χ2n) is 5.28. The van der Waals surface area contributed by atoms with E-state index in [2.05, 4.69) is 32.7 Å². The number of nitrogens with one attached hydrogen (secondary N) is 2. The minimum atomic E-state index is 0.144. The summed E-state index contributed by atoms with van der Waals surface area (Å²) in [5.41, 5.74) is 4.09. The highest BCUT2D eigenvalue weighted by atomic mass is 16.5. The van der Waals surface area contributed by atoms with Gasteiger partial charge in [-0.2, -0.15) is 0 Å². The van der Waals surface area contributed by atoms with E-state index in [1.807, 2.05) is 32.0 Å². The highest BCUT2D eigenvalue weighted by Crippen LogP contribution is 2.22. The maximum atomic E-state index is 5.75.